The van der Waals surface area contributed by atoms with Crippen LogP contribution in [-0.2, 0) is 47.3 Å². The first-order valence-corrected chi connectivity index (χ1v) is 38.1. The first-order chi connectivity index (χ1) is 53.9. The summed E-state index contributed by atoms with van der Waals surface area (Å²) in [4.78, 5) is 92.3. The van der Waals surface area contributed by atoms with Crippen LogP contribution in [0.5, 0.6) is 0 Å². The van der Waals surface area contributed by atoms with Crippen LogP contribution in [0.4, 0.5) is 43.8 Å². The highest BCUT2D eigenvalue weighted by molar-refractivity contribution is 7.15. The van der Waals surface area contributed by atoms with Gasteiger partial charge < -0.3 is 67.0 Å². The van der Waals surface area contributed by atoms with Gasteiger partial charge in [-0.15, -0.1) is 11.3 Å². The van der Waals surface area contributed by atoms with E-state index in [1.54, 1.807) is 76.4 Å². The molecular formula is C79H94F2N26O4S. The van der Waals surface area contributed by atoms with Gasteiger partial charge in [-0.1, -0.05) is 52.6 Å². The van der Waals surface area contributed by atoms with Gasteiger partial charge in [0, 0.05) is 188 Å². The first kappa shape index (κ1) is 77.7. The molecule has 0 bridgehead atoms. The topological polar surface area (TPSA) is 324 Å². The number of hydrogen-bond donors (Lipinski definition) is 8. The number of nitrogens with one attached hydrogen (secondary N) is 8. The summed E-state index contributed by atoms with van der Waals surface area (Å²) in [6.07, 6.45) is 27.2. The molecule has 4 atom stereocenters. The van der Waals surface area contributed by atoms with Crippen LogP contribution >= 0.6 is 11.3 Å². The molecule has 4 saturated heterocycles. The van der Waals surface area contributed by atoms with Gasteiger partial charge in [0.15, 0.2) is 23.3 Å². The van der Waals surface area contributed by atoms with E-state index < -0.39 is 11.6 Å². The summed E-state index contributed by atoms with van der Waals surface area (Å²) in [5.74, 6) is 0.191. The molecule has 0 aliphatic carbocycles. The van der Waals surface area contributed by atoms with Gasteiger partial charge in [0.05, 0.1) is 92.4 Å². The van der Waals surface area contributed by atoms with E-state index in [9.17, 15) is 19.2 Å². The number of hydrogen-bond acceptors (Lipinski definition) is 24. The largest absolute Gasteiger partial charge is 0.370 e. The molecule has 0 saturated carbocycles. The second-order valence-corrected chi connectivity index (χ2v) is 29.8. The second kappa shape index (κ2) is 33.8. The Kier molecular flexibility index (Phi) is 23.5. The molecule has 16 rings (SSSR count). The second-order valence-electron chi connectivity index (χ2n) is 28.6. The van der Waals surface area contributed by atoms with Crippen molar-refractivity contribution >= 4 is 70.0 Å². The third kappa shape index (κ3) is 17.0. The van der Waals surface area contributed by atoms with Crippen molar-refractivity contribution in [2.45, 2.75) is 109 Å². The lowest BCUT2D eigenvalue weighted by Gasteiger charge is -2.39. The van der Waals surface area contributed by atoms with E-state index in [1.165, 1.54) is 11.3 Å². The van der Waals surface area contributed by atoms with Crippen LogP contribution < -0.4 is 47.4 Å². The molecule has 8 aromatic rings. The standard InChI is InChI=1S/C21H25FN6O.C20H22FN5OS.C19H24N8O.C19H23N7O/c1-5-13(2)28-8-6-7-15(12-28)27(4)20-18(22)16-10-23-21(29)17(16)19(25-20)14-9-24-26(3)11-14;1-4-11(2)26-7-5-6-13(10-26)24-19-17(21)14-8-23-20(27)16(14)18(25-19)15-9-22-12(3)28-15;1-4-12(2)27-7-5-6-13(11-27)23-19-24-15-9-20-18(28)16(15)17(25-19)22-14-8-21-26(3)10-14;1-4-12(2)26-7-5-6-14(11-26)22-19-23-15-9-20-18(27)16(15)17(24-19)13-8-21-25(3)10-13/h5,9,11,15H,1-2,6-8,10,12H2,3-4H3,(H,23,29);4,9,13H,1-2,5-8,10H2,3H3,(H,23,27)(H,24,25);4,8,10,13H,1-2,5-7,9,11H2,3H3,(H,20,28)(H2,22,23,24,25);4,8,10,14H,1-2,5-7,9,11H2,3H3,(H,20,27)(H,22,23,24). The molecule has 0 radical (unpaired) electrons. The summed E-state index contributed by atoms with van der Waals surface area (Å²) in [5, 5.41) is 37.8. The Morgan fingerprint density at radius 1 is 0.509 bits per heavy atom. The van der Waals surface area contributed by atoms with Crippen LogP contribution in [0.3, 0.4) is 0 Å². The zero-order valence-electron chi connectivity index (χ0n) is 63.8. The normalized spacial score (nSPS) is 18.5. The summed E-state index contributed by atoms with van der Waals surface area (Å²) < 4.78 is 35.6. The van der Waals surface area contributed by atoms with Crippen LogP contribution in [0.25, 0.3) is 33.1 Å². The molecule has 16 heterocycles. The fourth-order valence-corrected chi connectivity index (χ4v) is 15.7. The molecule has 4 unspecified atom stereocenters. The first-order valence-electron chi connectivity index (χ1n) is 37.3. The van der Waals surface area contributed by atoms with Gasteiger partial charge in [-0.3, -0.25) is 33.2 Å². The predicted octanol–water partition coefficient (Wildman–Crippen LogP) is 9.41. The molecule has 33 heteroatoms. The van der Waals surface area contributed by atoms with Crippen molar-refractivity contribution in [1.82, 2.24) is 105 Å². The summed E-state index contributed by atoms with van der Waals surface area (Å²) in [6.45, 7) is 41.2. The number of fused-ring (bicyclic) bond motifs is 4. The number of amides is 4. The van der Waals surface area contributed by atoms with Crippen molar-refractivity contribution in [3.05, 3.63) is 205 Å². The molecule has 8 aliphatic rings. The molecule has 30 nitrogen and oxygen atoms in total. The minimum Gasteiger partial charge on any atom is -0.370 e. The Morgan fingerprint density at radius 2 is 0.955 bits per heavy atom. The van der Waals surface area contributed by atoms with Crippen LogP contribution in [0, 0.1) is 18.6 Å². The SMILES string of the molecule is C=CC(=C)N1CCCC(N(C)c2nc(-c3cnn(C)c3)c3c(c2F)CNC3=O)C1.C=CC(=C)N1CCCC(Nc2nc(-c3cnc(C)s3)c3c(c2F)CNC3=O)C1.C=CC(=C)N1CCCC(Nc2nc3c(c(-c4cnn(C)c4)n2)C(=O)NC3)C1.C=CC(=C)N1CCCC(Nc2nc3c(c(Nc4cnn(C)c4)n2)C(=O)NC3)C1. The lowest BCUT2D eigenvalue weighted by Crippen LogP contribution is -2.46. The van der Waals surface area contributed by atoms with Crippen molar-refractivity contribution in [3.8, 4) is 33.1 Å². The number of carbonyl (C=O) groups excluding carboxylic acids is 4. The minimum absolute atomic E-state index is 0.0339. The van der Waals surface area contributed by atoms with Gasteiger partial charge in [-0.25, -0.2) is 38.7 Å². The number of anilines is 6. The number of aryl methyl sites for hydroxylation is 4. The number of likely N-dealkylation sites (N-methyl/N-ethyl adjacent to an activating group) is 1. The Labute approximate surface area is 652 Å². The smallest absolute Gasteiger partial charge is 0.257 e. The fraction of sp³-hybridized carbons (Fsp3) is 0.367. The highest BCUT2D eigenvalue weighted by atomic mass is 32.1. The van der Waals surface area contributed by atoms with E-state index in [0.717, 1.165) is 147 Å². The Morgan fingerprint density at radius 3 is 1.46 bits per heavy atom. The number of nitrogens with zero attached hydrogens (tertiary/aromatic N) is 18. The third-order valence-corrected chi connectivity index (χ3v) is 21.8. The Bertz CT molecular complexity index is 5060. The van der Waals surface area contributed by atoms with Crippen LogP contribution in [0.2, 0.25) is 0 Å². The van der Waals surface area contributed by atoms with Crippen molar-refractivity contribution in [2.24, 2.45) is 21.1 Å². The van der Waals surface area contributed by atoms with Crippen LogP contribution in [0.15, 0.2) is 143 Å². The Hall–Kier alpha value is -12.4. The van der Waals surface area contributed by atoms with Crippen molar-refractivity contribution in [1.29, 1.82) is 0 Å². The summed E-state index contributed by atoms with van der Waals surface area (Å²) >= 11 is 1.44. The molecule has 8 N–H and O–H groups in total. The van der Waals surface area contributed by atoms with E-state index >= 15 is 8.78 Å². The zero-order chi connectivity index (χ0) is 79.2. The van der Waals surface area contributed by atoms with Gasteiger partial charge in [0.25, 0.3) is 23.6 Å². The maximum atomic E-state index is 15.4. The summed E-state index contributed by atoms with van der Waals surface area (Å²) in [7, 11) is 7.33. The Balaban J connectivity index is 0.000000131. The van der Waals surface area contributed by atoms with Crippen LogP contribution in [0.1, 0.15) is 120 Å². The molecule has 0 aromatic carbocycles. The van der Waals surface area contributed by atoms with Crippen molar-refractivity contribution in [2.75, 3.05) is 85.6 Å². The van der Waals surface area contributed by atoms with E-state index in [2.05, 4.69) is 165 Å². The number of carbonyl (C=O) groups is 4. The van der Waals surface area contributed by atoms with E-state index in [4.69, 9.17) is 0 Å². The summed E-state index contributed by atoms with van der Waals surface area (Å²) in [6, 6.07) is 0.513. The number of rotatable bonds is 21. The number of piperidine rings is 4. The number of pyridine rings is 2. The van der Waals surface area contributed by atoms with Gasteiger partial charge in [0.2, 0.25) is 11.9 Å². The molecule has 8 aromatic heterocycles. The van der Waals surface area contributed by atoms with E-state index in [0.29, 0.717) is 99.1 Å². The molecule has 584 valence electrons. The van der Waals surface area contributed by atoms with Crippen molar-refractivity contribution < 1.29 is 28.0 Å². The lowest BCUT2D eigenvalue weighted by molar-refractivity contribution is 0.0958. The molecule has 8 aliphatic heterocycles. The average Bonchev–Trinajstić information content (AvgIpc) is 1.56. The van der Waals surface area contributed by atoms with Crippen LogP contribution in [-0.4, -0.2) is 191 Å². The maximum Gasteiger partial charge on any atom is 0.257 e. The third-order valence-electron chi connectivity index (χ3n) is 20.9. The van der Waals surface area contributed by atoms with Crippen molar-refractivity contribution in [3.63, 3.8) is 0 Å². The summed E-state index contributed by atoms with van der Waals surface area (Å²) in [5.41, 5.74) is 11.2. The van der Waals surface area contributed by atoms with Gasteiger partial charge >= 0.3 is 0 Å². The van der Waals surface area contributed by atoms with E-state index in [1.807, 2.05) is 45.4 Å². The molecule has 112 heavy (non-hydrogen) atoms. The van der Waals surface area contributed by atoms with E-state index in [-0.39, 0.29) is 72.5 Å². The van der Waals surface area contributed by atoms with Gasteiger partial charge in [-0.2, -0.15) is 20.3 Å². The highest BCUT2D eigenvalue weighted by Crippen LogP contribution is 2.39. The minimum atomic E-state index is -0.460. The average molecular weight is 1540 g/mol. The molecule has 4 fully saturated rings. The number of likely N-dealkylation sites (tertiary alicyclic amines) is 4. The highest BCUT2D eigenvalue weighted by Gasteiger charge is 2.37. The number of allylic oxidation sites excluding steroid dienone is 4. The molecule has 4 amide bonds. The quantitative estimate of drug-likeness (QED) is 0.0310. The maximum absolute atomic E-state index is 15.4. The number of aromatic nitrogens is 13. The van der Waals surface area contributed by atoms with Gasteiger partial charge in [0.1, 0.15) is 11.4 Å². The molecular weight excluding hydrogens is 1450 g/mol. The zero-order valence-corrected chi connectivity index (χ0v) is 64.6. The lowest BCUT2D eigenvalue weighted by atomic mass is 10.0. The monoisotopic (exact) mass is 1540 g/mol. The fourth-order valence-electron chi connectivity index (χ4n) is 15.0. The number of halogens is 2. The predicted molar refractivity (Wildman–Crippen MR) is 429 cm³/mol. The van der Waals surface area contributed by atoms with Gasteiger partial charge in [-0.05, 0) is 82.6 Å². The number of thiazole rings is 1. The molecule has 0 spiro atoms.